The summed E-state index contributed by atoms with van der Waals surface area (Å²) in [5.41, 5.74) is 0. The molecule has 1 saturated carbocycles. The molecule has 0 bridgehead atoms. The van der Waals surface area contributed by atoms with Crippen molar-refractivity contribution in [2.24, 2.45) is 11.8 Å². The molecule has 1 aliphatic carbocycles. The first-order valence-corrected chi connectivity index (χ1v) is 7.56. The molecule has 2 N–H and O–H groups in total. The summed E-state index contributed by atoms with van der Waals surface area (Å²) >= 11 is 0. The monoisotopic (exact) mass is 268 g/mol. The number of ether oxygens (including phenoxy) is 1. The van der Waals surface area contributed by atoms with Gasteiger partial charge in [0.15, 0.2) is 0 Å². The third kappa shape index (κ3) is 2.72. The standard InChI is InChI=1S/C14H24N2O3/c17-9-10-4-6-16(8-10)14(18)15-12-2-1-3-13-11(12)5-7-19-13/h10-13,17H,1-9H2,(H,15,18). The molecule has 2 aliphatic heterocycles. The molecule has 3 fully saturated rings. The molecule has 19 heavy (non-hydrogen) atoms. The second-order valence-corrected chi connectivity index (χ2v) is 6.13. The van der Waals surface area contributed by atoms with Gasteiger partial charge in [-0.2, -0.15) is 0 Å². The molecule has 0 aromatic carbocycles. The zero-order chi connectivity index (χ0) is 13.2. The van der Waals surface area contributed by atoms with Gasteiger partial charge < -0.3 is 20.1 Å². The predicted octanol–water partition coefficient (Wildman–Crippen LogP) is 0.968. The molecule has 3 aliphatic rings. The van der Waals surface area contributed by atoms with Gasteiger partial charge in [-0.1, -0.05) is 0 Å². The maximum Gasteiger partial charge on any atom is 0.317 e. The second-order valence-electron chi connectivity index (χ2n) is 6.13. The Hall–Kier alpha value is -0.810. The van der Waals surface area contributed by atoms with Crippen molar-refractivity contribution in [3.63, 3.8) is 0 Å². The van der Waals surface area contributed by atoms with Gasteiger partial charge in [0.2, 0.25) is 0 Å². The molecular weight excluding hydrogens is 244 g/mol. The Morgan fingerprint density at radius 3 is 3.00 bits per heavy atom. The summed E-state index contributed by atoms with van der Waals surface area (Å²) in [6.07, 6.45) is 5.73. The lowest BCUT2D eigenvalue weighted by Crippen LogP contribution is -2.50. The molecule has 0 aromatic heterocycles. The fourth-order valence-electron chi connectivity index (χ4n) is 3.77. The highest BCUT2D eigenvalue weighted by atomic mass is 16.5. The number of rotatable bonds is 2. The maximum atomic E-state index is 12.3. The van der Waals surface area contributed by atoms with Gasteiger partial charge in [0, 0.05) is 44.2 Å². The van der Waals surface area contributed by atoms with Crippen LogP contribution in [0.4, 0.5) is 4.79 Å². The fraction of sp³-hybridized carbons (Fsp3) is 0.929. The summed E-state index contributed by atoms with van der Waals surface area (Å²) in [5, 5.41) is 12.3. The highest BCUT2D eigenvalue weighted by Crippen LogP contribution is 2.34. The van der Waals surface area contributed by atoms with E-state index in [2.05, 4.69) is 5.32 Å². The van der Waals surface area contributed by atoms with Crippen molar-refractivity contribution < 1.29 is 14.6 Å². The van der Waals surface area contributed by atoms with Crippen LogP contribution in [-0.4, -0.2) is 54.5 Å². The number of nitrogens with zero attached hydrogens (tertiary/aromatic N) is 1. The van der Waals surface area contributed by atoms with Crippen molar-refractivity contribution >= 4 is 6.03 Å². The van der Waals surface area contributed by atoms with Crippen LogP contribution < -0.4 is 5.32 Å². The van der Waals surface area contributed by atoms with Crippen LogP contribution in [0, 0.1) is 11.8 Å². The lowest BCUT2D eigenvalue weighted by atomic mass is 9.82. The Morgan fingerprint density at radius 2 is 2.21 bits per heavy atom. The van der Waals surface area contributed by atoms with Crippen molar-refractivity contribution in [1.29, 1.82) is 0 Å². The van der Waals surface area contributed by atoms with Gasteiger partial charge in [0.05, 0.1) is 6.10 Å². The minimum atomic E-state index is 0.0495. The maximum absolute atomic E-state index is 12.3. The molecule has 2 saturated heterocycles. The first kappa shape index (κ1) is 13.2. The highest BCUT2D eigenvalue weighted by Gasteiger charge is 2.39. The molecule has 2 heterocycles. The third-order valence-corrected chi connectivity index (χ3v) is 4.92. The summed E-state index contributed by atoms with van der Waals surface area (Å²) in [6.45, 7) is 2.50. The van der Waals surface area contributed by atoms with E-state index in [1.807, 2.05) is 4.90 Å². The summed E-state index contributed by atoms with van der Waals surface area (Å²) in [7, 11) is 0. The van der Waals surface area contributed by atoms with Gasteiger partial charge in [0.1, 0.15) is 0 Å². The molecule has 5 nitrogen and oxygen atoms in total. The average Bonchev–Trinajstić information content (AvgIpc) is 3.08. The highest BCUT2D eigenvalue weighted by molar-refractivity contribution is 5.74. The van der Waals surface area contributed by atoms with Crippen molar-refractivity contribution in [2.75, 3.05) is 26.3 Å². The van der Waals surface area contributed by atoms with E-state index in [0.29, 0.717) is 18.6 Å². The minimum absolute atomic E-state index is 0.0495. The topological polar surface area (TPSA) is 61.8 Å². The number of hydrogen-bond acceptors (Lipinski definition) is 3. The van der Waals surface area contributed by atoms with Gasteiger partial charge in [-0.15, -0.1) is 0 Å². The first-order valence-electron chi connectivity index (χ1n) is 7.56. The molecule has 0 spiro atoms. The Labute approximate surface area is 114 Å². The molecule has 0 radical (unpaired) electrons. The average molecular weight is 268 g/mol. The number of nitrogens with one attached hydrogen (secondary N) is 1. The zero-order valence-corrected chi connectivity index (χ0v) is 11.4. The number of aliphatic hydroxyl groups excluding tert-OH is 1. The molecule has 3 rings (SSSR count). The van der Waals surface area contributed by atoms with Crippen LogP contribution in [0.25, 0.3) is 0 Å². The number of carbonyl (C=O) groups is 1. The van der Waals surface area contributed by atoms with Gasteiger partial charge in [-0.25, -0.2) is 4.79 Å². The Balaban J connectivity index is 1.54. The van der Waals surface area contributed by atoms with E-state index in [9.17, 15) is 4.79 Å². The lowest BCUT2D eigenvalue weighted by molar-refractivity contribution is 0.0540. The molecule has 2 amide bonds. The van der Waals surface area contributed by atoms with E-state index < -0.39 is 0 Å². The summed E-state index contributed by atoms with van der Waals surface area (Å²) in [6, 6.07) is 0.329. The van der Waals surface area contributed by atoms with E-state index in [0.717, 1.165) is 45.3 Å². The number of urea groups is 1. The molecular formula is C14H24N2O3. The van der Waals surface area contributed by atoms with Crippen LogP contribution >= 0.6 is 0 Å². The molecule has 5 heteroatoms. The normalized spacial score (nSPS) is 38.3. The molecule has 4 atom stereocenters. The van der Waals surface area contributed by atoms with Gasteiger partial charge in [0.25, 0.3) is 0 Å². The molecule has 108 valence electrons. The number of amides is 2. The van der Waals surface area contributed by atoms with E-state index in [4.69, 9.17) is 9.84 Å². The molecule has 0 aromatic rings. The quantitative estimate of drug-likeness (QED) is 0.784. The van der Waals surface area contributed by atoms with Crippen molar-refractivity contribution in [2.45, 2.75) is 44.2 Å². The number of likely N-dealkylation sites (tertiary alicyclic amines) is 1. The van der Waals surface area contributed by atoms with E-state index in [-0.39, 0.29) is 24.6 Å². The molecule has 4 unspecified atom stereocenters. The van der Waals surface area contributed by atoms with Crippen LogP contribution in [0.5, 0.6) is 0 Å². The lowest BCUT2D eigenvalue weighted by Gasteiger charge is -2.34. The van der Waals surface area contributed by atoms with Crippen LogP contribution in [0.2, 0.25) is 0 Å². The summed E-state index contributed by atoms with van der Waals surface area (Å²) in [4.78, 5) is 14.1. The van der Waals surface area contributed by atoms with Crippen molar-refractivity contribution in [3.05, 3.63) is 0 Å². The van der Waals surface area contributed by atoms with E-state index >= 15 is 0 Å². The smallest absolute Gasteiger partial charge is 0.317 e. The predicted molar refractivity (Wildman–Crippen MR) is 70.8 cm³/mol. The van der Waals surface area contributed by atoms with Gasteiger partial charge in [-0.05, 0) is 32.1 Å². The summed E-state index contributed by atoms with van der Waals surface area (Å²) in [5.74, 6) is 0.772. The van der Waals surface area contributed by atoms with Crippen LogP contribution in [-0.2, 0) is 4.74 Å². The van der Waals surface area contributed by atoms with Crippen molar-refractivity contribution in [1.82, 2.24) is 10.2 Å². The fourth-order valence-corrected chi connectivity index (χ4v) is 3.77. The SMILES string of the molecule is O=C(NC1CCCC2OCCC12)N1CCC(CO)C1. The number of fused-ring (bicyclic) bond motifs is 1. The minimum Gasteiger partial charge on any atom is -0.396 e. The number of hydrogen-bond donors (Lipinski definition) is 2. The van der Waals surface area contributed by atoms with Gasteiger partial charge >= 0.3 is 6.03 Å². The van der Waals surface area contributed by atoms with Crippen LogP contribution in [0.1, 0.15) is 32.1 Å². The summed E-state index contributed by atoms with van der Waals surface area (Å²) < 4.78 is 5.73. The number of carbonyl (C=O) groups excluding carboxylic acids is 1. The first-order chi connectivity index (χ1) is 9.28. The second kappa shape index (κ2) is 5.67. The van der Waals surface area contributed by atoms with Crippen LogP contribution in [0.15, 0.2) is 0 Å². The van der Waals surface area contributed by atoms with E-state index in [1.165, 1.54) is 0 Å². The Kier molecular flexibility index (Phi) is 3.93. The van der Waals surface area contributed by atoms with Gasteiger partial charge in [-0.3, -0.25) is 0 Å². The third-order valence-electron chi connectivity index (χ3n) is 4.92. The van der Waals surface area contributed by atoms with E-state index in [1.54, 1.807) is 0 Å². The Morgan fingerprint density at radius 1 is 1.32 bits per heavy atom. The zero-order valence-electron chi connectivity index (χ0n) is 11.4. The van der Waals surface area contributed by atoms with Crippen molar-refractivity contribution in [3.8, 4) is 0 Å². The van der Waals surface area contributed by atoms with Crippen LogP contribution in [0.3, 0.4) is 0 Å². The Bertz CT molecular complexity index is 337. The largest absolute Gasteiger partial charge is 0.396 e. The number of aliphatic hydroxyl groups is 1.